The third kappa shape index (κ3) is 3.66. The van der Waals surface area contributed by atoms with Crippen molar-refractivity contribution in [1.29, 1.82) is 0 Å². The van der Waals surface area contributed by atoms with Crippen LogP contribution in [0.15, 0.2) is 29.3 Å². The molecule has 1 aliphatic rings. The smallest absolute Gasteiger partial charge is 0.221 e. The molecule has 1 fully saturated rings. The first kappa shape index (κ1) is 21.6. The number of aromatic nitrogens is 3. The van der Waals surface area contributed by atoms with Crippen LogP contribution in [0.3, 0.4) is 0 Å². The normalized spacial score (nSPS) is 16.0. The number of nitrogens with two attached hydrogens (primary N) is 1. The summed E-state index contributed by atoms with van der Waals surface area (Å²) in [6, 6.07) is 3.80. The Morgan fingerprint density at radius 3 is 2.65 bits per heavy atom. The fourth-order valence-corrected chi connectivity index (χ4v) is 4.66. The maximum absolute atomic E-state index is 12.3. The summed E-state index contributed by atoms with van der Waals surface area (Å²) in [7, 11) is 1.70. The van der Waals surface area contributed by atoms with Crippen LogP contribution in [0.2, 0.25) is 5.02 Å². The van der Waals surface area contributed by atoms with Crippen molar-refractivity contribution < 1.29 is 4.74 Å². The minimum atomic E-state index is -0.189. The van der Waals surface area contributed by atoms with Crippen LogP contribution in [0.4, 0.5) is 5.95 Å². The molecule has 0 spiro atoms. The molecule has 0 amide bonds. The van der Waals surface area contributed by atoms with Crippen LogP contribution in [0.25, 0.3) is 11.0 Å². The van der Waals surface area contributed by atoms with Crippen molar-refractivity contribution in [3.05, 3.63) is 56.5 Å². The summed E-state index contributed by atoms with van der Waals surface area (Å²) in [5.74, 6) is 1.33. The summed E-state index contributed by atoms with van der Waals surface area (Å²) in [5, 5.41) is 1.13. The molecule has 4 rings (SSSR count). The van der Waals surface area contributed by atoms with Gasteiger partial charge in [-0.15, -0.1) is 0 Å². The van der Waals surface area contributed by atoms with Gasteiger partial charge in [-0.2, -0.15) is 4.98 Å². The number of anilines is 1. The van der Waals surface area contributed by atoms with E-state index in [0.29, 0.717) is 28.0 Å². The van der Waals surface area contributed by atoms with Crippen LogP contribution in [0, 0.1) is 6.92 Å². The lowest BCUT2D eigenvalue weighted by molar-refractivity contribution is 0.108. The Hall–Kier alpha value is -2.64. The molecule has 31 heavy (non-hydrogen) atoms. The average Bonchev–Trinajstić information content (AvgIpc) is 2.69. The van der Waals surface area contributed by atoms with Gasteiger partial charge < -0.3 is 15.0 Å². The van der Waals surface area contributed by atoms with Gasteiger partial charge in [0.2, 0.25) is 5.95 Å². The number of rotatable bonds is 5. The zero-order valence-electron chi connectivity index (χ0n) is 18.5. The second-order valence-corrected chi connectivity index (χ2v) is 8.90. The summed E-state index contributed by atoms with van der Waals surface area (Å²) in [6.45, 7) is 10.5. The Bertz CT molecular complexity index is 1200. The molecular weight excluding hydrogens is 414 g/mol. The maximum atomic E-state index is 12.3. The number of benzene rings is 1. The van der Waals surface area contributed by atoms with E-state index in [4.69, 9.17) is 22.1 Å². The number of likely N-dealkylation sites (tertiary alicyclic amines) is 1. The fraction of sp³-hybridized carbons (Fsp3) is 0.435. The molecular formula is C23H28ClN5O2. The lowest BCUT2D eigenvalue weighted by atomic mass is 9.84. The van der Waals surface area contributed by atoms with Crippen LogP contribution in [-0.2, 0) is 0 Å². The molecule has 1 unspecified atom stereocenters. The number of pyridine rings is 1. The number of halogens is 1. The first-order chi connectivity index (χ1) is 14.7. The number of methoxy groups -OCH3 is 1. The minimum Gasteiger partial charge on any atom is -0.496 e. The predicted molar refractivity (Wildman–Crippen MR) is 124 cm³/mol. The molecule has 164 valence electrons. The summed E-state index contributed by atoms with van der Waals surface area (Å²) in [4.78, 5) is 23.1. The van der Waals surface area contributed by atoms with Gasteiger partial charge in [-0.1, -0.05) is 11.6 Å². The molecule has 0 saturated carbocycles. The summed E-state index contributed by atoms with van der Waals surface area (Å²) >= 11 is 6.70. The molecule has 1 atom stereocenters. The molecule has 1 aliphatic heterocycles. The molecule has 8 heteroatoms. The van der Waals surface area contributed by atoms with E-state index in [2.05, 4.69) is 35.6 Å². The molecule has 0 radical (unpaired) electrons. The predicted octanol–water partition coefficient (Wildman–Crippen LogP) is 3.76. The van der Waals surface area contributed by atoms with Gasteiger partial charge in [-0.05, 0) is 39.3 Å². The zero-order chi connectivity index (χ0) is 22.4. The van der Waals surface area contributed by atoms with Gasteiger partial charge in [-0.25, -0.2) is 4.98 Å². The van der Waals surface area contributed by atoms with Gasteiger partial charge in [0.25, 0.3) is 0 Å². The lowest BCUT2D eigenvalue weighted by Crippen LogP contribution is -2.48. The number of fused-ring (bicyclic) bond motifs is 1. The fourth-order valence-electron chi connectivity index (χ4n) is 4.44. The van der Waals surface area contributed by atoms with Crippen LogP contribution in [-0.4, -0.2) is 45.7 Å². The number of ether oxygens (including phenoxy) is 1. The number of hydrogen-bond donors (Lipinski definition) is 1. The summed E-state index contributed by atoms with van der Waals surface area (Å²) < 4.78 is 7.88. The Balaban J connectivity index is 1.86. The maximum Gasteiger partial charge on any atom is 0.221 e. The highest BCUT2D eigenvalue weighted by molar-refractivity contribution is 6.31. The molecule has 0 aliphatic carbocycles. The molecule has 2 aromatic heterocycles. The second kappa shape index (κ2) is 8.13. The highest BCUT2D eigenvalue weighted by atomic mass is 35.5. The van der Waals surface area contributed by atoms with E-state index in [9.17, 15) is 4.79 Å². The van der Waals surface area contributed by atoms with Gasteiger partial charge in [0, 0.05) is 59.7 Å². The van der Waals surface area contributed by atoms with Gasteiger partial charge in [0.05, 0.1) is 18.5 Å². The van der Waals surface area contributed by atoms with Crippen molar-refractivity contribution in [2.24, 2.45) is 0 Å². The minimum absolute atomic E-state index is 0.122. The second-order valence-electron chi connectivity index (χ2n) is 8.49. The summed E-state index contributed by atoms with van der Waals surface area (Å²) in [6.07, 6.45) is 3.21. The molecule has 7 nitrogen and oxygen atoms in total. The van der Waals surface area contributed by atoms with Crippen molar-refractivity contribution in [3.63, 3.8) is 0 Å². The highest BCUT2D eigenvalue weighted by Crippen LogP contribution is 2.44. The number of hydrogen-bond acceptors (Lipinski definition) is 6. The molecule has 1 saturated heterocycles. The lowest BCUT2D eigenvalue weighted by Gasteiger charge is -2.43. The quantitative estimate of drug-likeness (QED) is 0.648. The zero-order valence-corrected chi connectivity index (χ0v) is 19.3. The van der Waals surface area contributed by atoms with Crippen molar-refractivity contribution in [2.75, 3.05) is 25.9 Å². The summed E-state index contributed by atoms with van der Waals surface area (Å²) in [5.41, 5.74) is 9.32. The van der Waals surface area contributed by atoms with E-state index in [1.807, 2.05) is 17.6 Å². The largest absolute Gasteiger partial charge is 0.496 e. The van der Waals surface area contributed by atoms with E-state index in [1.165, 1.54) is 12.3 Å². The average molecular weight is 442 g/mol. The third-order valence-corrected chi connectivity index (χ3v) is 6.75. The van der Waals surface area contributed by atoms with E-state index >= 15 is 0 Å². The Morgan fingerprint density at radius 1 is 1.29 bits per heavy atom. The SMILES string of the molecule is COc1c(C(C)n2ccc(=O)c3cnc(N)nc32)cc(Cl)c(C)c1C1CN(C(C)C)C1. The molecule has 1 aromatic carbocycles. The van der Waals surface area contributed by atoms with E-state index in [-0.39, 0.29) is 17.4 Å². The van der Waals surface area contributed by atoms with E-state index in [0.717, 1.165) is 35.5 Å². The van der Waals surface area contributed by atoms with Gasteiger partial charge in [0.1, 0.15) is 11.4 Å². The van der Waals surface area contributed by atoms with Gasteiger partial charge >= 0.3 is 0 Å². The van der Waals surface area contributed by atoms with Crippen molar-refractivity contribution in [2.45, 2.75) is 45.7 Å². The van der Waals surface area contributed by atoms with E-state index in [1.54, 1.807) is 13.3 Å². The number of nitrogens with zero attached hydrogens (tertiary/aromatic N) is 4. The van der Waals surface area contributed by atoms with Gasteiger partial charge in [0.15, 0.2) is 5.43 Å². The van der Waals surface area contributed by atoms with Crippen molar-refractivity contribution in [1.82, 2.24) is 19.4 Å². The van der Waals surface area contributed by atoms with Crippen molar-refractivity contribution >= 4 is 28.6 Å². The first-order valence-corrected chi connectivity index (χ1v) is 10.8. The molecule has 0 bridgehead atoms. The van der Waals surface area contributed by atoms with E-state index < -0.39 is 0 Å². The topological polar surface area (TPSA) is 86.3 Å². The Kier molecular flexibility index (Phi) is 5.66. The van der Waals surface area contributed by atoms with Crippen LogP contribution in [0.5, 0.6) is 5.75 Å². The van der Waals surface area contributed by atoms with Crippen molar-refractivity contribution in [3.8, 4) is 5.75 Å². The molecule has 3 aromatic rings. The third-order valence-electron chi connectivity index (χ3n) is 6.35. The van der Waals surface area contributed by atoms with Gasteiger partial charge in [-0.3, -0.25) is 9.69 Å². The Labute approximate surface area is 186 Å². The van der Waals surface area contributed by atoms with Crippen LogP contribution in [0.1, 0.15) is 49.4 Å². The molecule has 2 N–H and O–H groups in total. The van der Waals surface area contributed by atoms with Crippen LogP contribution >= 0.6 is 11.6 Å². The van der Waals surface area contributed by atoms with Crippen LogP contribution < -0.4 is 15.9 Å². The molecule has 3 heterocycles. The standard InChI is InChI=1S/C23H28ClN5O2/c1-12(2)28-10-15(11-28)20-13(3)18(24)8-16(21(20)31-5)14(4)29-7-6-19(30)17-9-26-23(25)27-22(17)29/h6-9,12,14-15H,10-11H2,1-5H3,(H2,25,26,27). The first-order valence-electron chi connectivity index (χ1n) is 10.5. The monoisotopic (exact) mass is 441 g/mol. The Morgan fingerprint density at radius 2 is 2.00 bits per heavy atom. The highest BCUT2D eigenvalue weighted by Gasteiger charge is 2.35. The number of nitrogen functional groups attached to an aromatic ring is 1.